The average molecular weight is 296 g/mol. The summed E-state index contributed by atoms with van der Waals surface area (Å²) in [5.74, 6) is 0.850. The van der Waals surface area contributed by atoms with E-state index in [1.165, 1.54) is 12.1 Å². The van der Waals surface area contributed by atoms with Crippen LogP contribution in [-0.2, 0) is 0 Å². The SMILES string of the molecule is CC1CC(C)N(c2ccc(C(=N)N)c(Br)c2)C1. The second-order valence-corrected chi connectivity index (χ2v) is 5.77. The molecule has 1 heterocycles. The molecule has 17 heavy (non-hydrogen) atoms. The van der Waals surface area contributed by atoms with Crippen molar-refractivity contribution in [2.75, 3.05) is 11.4 Å². The lowest BCUT2D eigenvalue weighted by Crippen LogP contribution is -2.26. The Morgan fingerprint density at radius 1 is 1.47 bits per heavy atom. The number of benzene rings is 1. The summed E-state index contributed by atoms with van der Waals surface area (Å²) in [6, 6.07) is 6.61. The molecule has 2 atom stereocenters. The first kappa shape index (κ1) is 12.4. The monoisotopic (exact) mass is 295 g/mol. The molecular weight excluding hydrogens is 278 g/mol. The van der Waals surface area contributed by atoms with Crippen LogP contribution in [0.15, 0.2) is 22.7 Å². The van der Waals surface area contributed by atoms with Crippen LogP contribution in [0.5, 0.6) is 0 Å². The van der Waals surface area contributed by atoms with Crippen molar-refractivity contribution < 1.29 is 0 Å². The van der Waals surface area contributed by atoms with Gasteiger partial charge in [0.1, 0.15) is 5.84 Å². The number of nitrogen functional groups attached to an aromatic ring is 1. The van der Waals surface area contributed by atoms with Gasteiger partial charge < -0.3 is 10.6 Å². The molecule has 92 valence electrons. The molecule has 4 heteroatoms. The van der Waals surface area contributed by atoms with E-state index in [4.69, 9.17) is 11.1 Å². The number of nitrogens with two attached hydrogens (primary N) is 1. The molecule has 0 saturated carbocycles. The molecule has 0 aliphatic carbocycles. The highest BCUT2D eigenvalue weighted by atomic mass is 79.9. The van der Waals surface area contributed by atoms with Crippen LogP contribution >= 0.6 is 15.9 Å². The van der Waals surface area contributed by atoms with Crippen molar-refractivity contribution >= 4 is 27.5 Å². The van der Waals surface area contributed by atoms with E-state index in [1.807, 2.05) is 6.07 Å². The third-order valence-electron chi connectivity index (χ3n) is 3.36. The highest BCUT2D eigenvalue weighted by Gasteiger charge is 2.26. The summed E-state index contributed by atoms with van der Waals surface area (Å²) >= 11 is 3.48. The van der Waals surface area contributed by atoms with Gasteiger partial charge in [-0.2, -0.15) is 0 Å². The number of halogens is 1. The summed E-state index contributed by atoms with van der Waals surface area (Å²) in [4.78, 5) is 2.42. The molecule has 3 N–H and O–H groups in total. The van der Waals surface area contributed by atoms with Crippen molar-refractivity contribution in [2.24, 2.45) is 11.7 Å². The Bertz CT molecular complexity index is 444. The minimum atomic E-state index is 0.103. The zero-order valence-corrected chi connectivity index (χ0v) is 11.8. The van der Waals surface area contributed by atoms with E-state index in [2.05, 4.69) is 46.8 Å². The first-order valence-corrected chi connectivity index (χ1v) is 6.69. The van der Waals surface area contributed by atoms with Crippen molar-refractivity contribution in [3.8, 4) is 0 Å². The Hall–Kier alpha value is -1.03. The standard InChI is InChI=1S/C13H18BrN3/c1-8-5-9(2)17(7-8)10-3-4-11(13(15)16)12(14)6-10/h3-4,6,8-9H,5,7H2,1-2H3,(H3,15,16). The summed E-state index contributed by atoms with van der Waals surface area (Å²) < 4.78 is 0.897. The van der Waals surface area contributed by atoms with E-state index < -0.39 is 0 Å². The Morgan fingerprint density at radius 3 is 2.65 bits per heavy atom. The van der Waals surface area contributed by atoms with E-state index in [0.717, 1.165) is 22.5 Å². The third-order valence-corrected chi connectivity index (χ3v) is 4.01. The van der Waals surface area contributed by atoms with Gasteiger partial charge in [0.2, 0.25) is 0 Å². The van der Waals surface area contributed by atoms with Gasteiger partial charge in [0.05, 0.1) is 0 Å². The molecule has 1 fully saturated rings. The topological polar surface area (TPSA) is 53.1 Å². The molecule has 1 aliphatic heterocycles. The number of hydrogen-bond acceptors (Lipinski definition) is 2. The number of amidine groups is 1. The Balaban J connectivity index is 2.29. The van der Waals surface area contributed by atoms with Crippen LogP contribution in [0.2, 0.25) is 0 Å². The van der Waals surface area contributed by atoms with Crippen LogP contribution in [0, 0.1) is 11.3 Å². The van der Waals surface area contributed by atoms with E-state index in [0.29, 0.717) is 6.04 Å². The van der Waals surface area contributed by atoms with Crippen LogP contribution in [-0.4, -0.2) is 18.4 Å². The summed E-state index contributed by atoms with van der Waals surface area (Å²) in [5.41, 5.74) is 7.47. The minimum absolute atomic E-state index is 0.103. The fourth-order valence-electron chi connectivity index (χ4n) is 2.56. The van der Waals surface area contributed by atoms with E-state index >= 15 is 0 Å². The molecule has 1 aromatic carbocycles. The molecular formula is C13H18BrN3. The number of rotatable bonds is 2. The van der Waals surface area contributed by atoms with E-state index in [-0.39, 0.29) is 5.84 Å². The maximum Gasteiger partial charge on any atom is 0.123 e. The lowest BCUT2D eigenvalue weighted by Gasteiger charge is -2.24. The number of hydrogen-bond donors (Lipinski definition) is 2. The van der Waals surface area contributed by atoms with Gasteiger partial charge in [-0.25, -0.2) is 0 Å². The van der Waals surface area contributed by atoms with Gasteiger partial charge in [0.25, 0.3) is 0 Å². The Labute approximate surface area is 111 Å². The van der Waals surface area contributed by atoms with E-state index in [9.17, 15) is 0 Å². The molecule has 0 spiro atoms. The fourth-order valence-corrected chi connectivity index (χ4v) is 3.14. The van der Waals surface area contributed by atoms with Crippen LogP contribution in [0.25, 0.3) is 0 Å². The molecule has 2 rings (SSSR count). The van der Waals surface area contributed by atoms with Gasteiger partial charge in [-0.15, -0.1) is 0 Å². The Morgan fingerprint density at radius 2 is 2.18 bits per heavy atom. The molecule has 0 bridgehead atoms. The molecule has 1 saturated heterocycles. The lowest BCUT2D eigenvalue weighted by molar-refractivity contribution is 0.625. The van der Waals surface area contributed by atoms with Gasteiger partial charge in [0, 0.05) is 28.3 Å². The zero-order chi connectivity index (χ0) is 12.6. The highest BCUT2D eigenvalue weighted by Crippen LogP contribution is 2.31. The Kier molecular flexibility index (Phi) is 3.43. The highest BCUT2D eigenvalue weighted by molar-refractivity contribution is 9.10. The van der Waals surface area contributed by atoms with Crippen molar-refractivity contribution in [1.82, 2.24) is 0 Å². The first-order chi connectivity index (χ1) is 7.99. The van der Waals surface area contributed by atoms with Gasteiger partial charge in [-0.05, 0) is 53.4 Å². The maximum atomic E-state index is 7.46. The molecule has 3 nitrogen and oxygen atoms in total. The van der Waals surface area contributed by atoms with Crippen molar-refractivity contribution in [3.63, 3.8) is 0 Å². The van der Waals surface area contributed by atoms with Crippen LogP contribution in [0.3, 0.4) is 0 Å². The molecule has 1 aromatic rings. The first-order valence-electron chi connectivity index (χ1n) is 5.89. The summed E-state index contributed by atoms with van der Waals surface area (Å²) in [6.45, 7) is 5.65. The predicted octanol–water partition coefficient (Wildman–Crippen LogP) is 2.97. The summed E-state index contributed by atoms with van der Waals surface area (Å²) in [6.07, 6.45) is 1.24. The second kappa shape index (κ2) is 4.69. The molecule has 0 aromatic heterocycles. The van der Waals surface area contributed by atoms with Crippen molar-refractivity contribution in [2.45, 2.75) is 26.3 Å². The summed E-state index contributed by atoms with van der Waals surface area (Å²) in [7, 11) is 0. The molecule has 1 aliphatic rings. The van der Waals surface area contributed by atoms with Gasteiger partial charge in [-0.3, -0.25) is 5.41 Å². The predicted molar refractivity (Wildman–Crippen MR) is 75.7 cm³/mol. The average Bonchev–Trinajstić information content (AvgIpc) is 2.57. The van der Waals surface area contributed by atoms with Crippen molar-refractivity contribution in [3.05, 3.63) is 28.2 Å². The van der Waals surface area contributed by atoms with Crippen molar-refractivity contribution in [1.29, 1.82) is 5.41 Å². The smallest absolute Gasteiger partial charge is 0.123 e. The molecule has 2 unspecified atom stereocenters. The van der Waals surface area contributed by atoms with Crippen LogP contribution < -0.4 is 10.6 Å². The van der Waals surface area contributed by atoms with Gasteiger partial charge in [-0.1, -0.05) is 6.92 Å². The largest absolute Gasteiger partial charge is 0.384 e. The number of nitrogens with zero attached hydrogens (tertiary/aromatic N) is 1. The maximum absolute atomic E-state index is 7.46. The van der Waals surface area contributed by atoms with Crippen LogP contribution in [0.1, 0.15) is 25.8 Å². The molecule has 0 radical (unpaired) electrons. The van der Waals surface area contributed by atoms with Gasteiger partial charge in [0.15, 0.2) is 0 Å². The van der Waals surface area contributed by atoms with Gasteiger partial charge >= 0.3 is 0 Å². The van der Waals surface area contributed by atoms with Crippen LogP contribution in [0.4, 0.5) is 5.69 Å². The third kappa shape index (κ3) is 2.46. The number of anilines is 1. The lowest BCUT2D eigenvalue weighted by atomic mass is 10.1. The van der Waals surface area contributed by atoms with E-state index in [1.54, 1.807) is 0 Å². The zero-order valence-electron chi connectivity index (χ0n) is 10.2. The summed E-state index contributed by atoms with van der Waals surface area (Å²) in [5, 5.41) is 7.46. The second-order valence-electron chi connectivity index (χ2n) is 4.92. The fraction of sp³-hybridized carbons (Fsp3) is 0.462. The molecule has 0 amide bonds. The minimum Gasteiger partial charge on any atom is -0.384 e. The normalized spacial score (nSPS) is 24.1. The number of nitrogens with one attached hydrogen (secondary N) is 1. The quantitative estimate of drug-likeness (QED) is 0.651.